The molecule has 2 aromatic rings. The zero-order valence-corrected chi connectivity index (χ0v) is 13.4. The maximum Gasteiger partial charge on any atom is 0.0237 e. The van der Waals surface area contributed by atoms with Gasteiger partial charge in [0.05, 0.1) is 0 Å². The minimum Gasteiger partial charge on any atom is -0.312 e. The van der Waals surface area contributed by atoms with E-state index in [0.29, 0.717) is 12.1 Å². The van der Waals surface area contributed by atoms with E-state index in [9.17, 15) is 0 Å². The molecule has 22 heavy (non-hydrogen) atoms. The van der Waals surface area contributed by atoms with Gasteiger partial charge >= 0.3 is 0 Å². The molecular weight excluding hydrogens is 268 g/mol. The highest BCUT2D eigenvalue weighted by Crippen LogP contribution is 2.20. The summed E-state index contributed by atoms with van der Waals surface area (Å²) in [4.78, 5) is 2.59. The highest BCUT2D eigenvalue weighted by atomic mass is 15.2. The zero-order chi connectivity index (χ0) is 15.2. The van der Waals surface area contributed by atoms with E-state index in [2.05, 4.69) is 77.8 Å². The second-order valence-electron chi connectivity index (χ2n) is 6.39. The third-order valence-electron chi connectivity index (χ3n) is 4.62. The summed E-state index contributed by atoms with van der Waals surface area (Å²) in [5.74, 6) is 0. The molecule has 2 atom stereocenters. The standard InChI is InChI=1S/C20H26N2/c1-17-14-20(21-13-12-18-8-4-2-5-9-18)16-22(17)15-19-10-6-3-7-11-19/h2-11,17,20-21H,12-16H2,1H3. The Balaban J connectivity index is 1.44. The monoisotopic (exact) mass is 294 g/mol. The maximum absolute atomic E-state index is 3.73. The molecule has 0 amide bonds. The SMILES string of the molecule is CC1CC(NCCc2ccccc2)CN1Cc1ccccc1. The van der Waals surface area contributed by atoms with E-state index in [4.69, 9.17) is 0 Å². The predicted octanol–water partition coefficient (Wildman–Crippen LogP) is 3.48. The van der Waals surface area contributed by atoms with E-state index < -0.39 is 0 Å². The summed E-state index contributed by atoms with van der Waals surface area (Å²) in [7, 11) is 0. The topological polar surface area (TPSA) is 15.3 Å². The fourth-order valence-corrected chi connectivity index (χ4v) is 3.35. The van der Waals surface area contributed by atoms with Gasteiger partial charge in [0, 0.05) is 25.2 Å². The molecule has 1 N–H and O–H groups in total. The van der Waals surface area contributed by atoms with E-state index in [1.807, 2.05) is 0 Å². The Morgan fingerprint density at radius 1 is 0.955 bits per heavy atom. The van der Waals surface area contributed by atoms with Crippen LogP contribution >= 0.6 is 0 Å². The van der Waals surface area contributed by atoms with E-state index in [0.717, 1.165) is 26.1 Å². The third-order valence-corrected chi connectivity index (χ3v) is 4.62. The summed E-state index contributed by atoms with van der Waals surface area (Å²) in [5.41, 5.74) is 2.83. The van der Waals surface area contributed by atoms with Crippen LogP contribution in [-0.4, -0.2) is 30.1 Å². The van der Waals surface area contributed by atoms with Crippen LogP contribution in [0.15, 0.2) is 60.7 Å². The van der Waals surface area contributed by atoms with Gasteiger partial charge in [-0.2, -0.15) is 0 Å². The first kappa shape index (κ1) is 15.3. The summed E-state index contributed by atoms with van der Waals surface area (Å²) in [6, 6.07) is 22.8. The normalized spacial score (nSPS) is 22.0. The van der Waals surface area contributed by atoms with Crippen LogP contribution in [0.25, 0.3) is 0 Å². The average molecular weight is 294 g/mol. The summed E-state index contributed by atoms with van der Waals surface area (Å²) < 4.78 is 0. The van der Waals surface area contributed by atoms with E-state index in [1.165, 1.54) is 17.5 Å². The van der Waals surface area contributed by atoms with Crippen molar-refractivity contribution in [2.45, 2.75) is 38.4 Å². The third kappa shape index (κ3) is 4.19. The fourth-order valence-electron chi connectivity index (χ4n) is 3.35. The van der Waals surface area contributed by atoms with Gasteiger partial charge in [0.25, 0.3) is 0 Å². The number of likely N-dealkylation sites (tertiary alicyclic amines) is 1. The van der Waals surface area contributed by atoms with Crippen LogP contribution in [0.3, 0.4) is 0 Å². The Morgan fingerprint density at radius 2 is 1.59 bits per heavy atom. The van der Waals surface area contributed by atoms with Gasteiger partial charge in [-0.25, -0.2) is 0 Å². The number of nitrogens with one attached hydrogen (secondary N) is 1. The van der Waals surface area contributed by atoms with Crippen molar-refractivity contribution in [1.82, 2.24) is 10.2 Å². The molecule has 0 spiro atoms. The van der Waals surface area contributed by atoms with Gasteiger partial charge in [-0.05, 0) is 37.4 Å². The lowest BCUT2D eigenvalue weighted by Crippen LogP contribution is -2.34. The van der Waals surface area contributed by atoms with Crippen LogP contribution in [0.5, 0.6) is 0 Å². The largest absolute Gasteiger partial charge is 0.312 e. The molecule has 1 fully saturated rings. The van der Waals surface area contributed by atoms with Gasteiger partial charge in [0.2, 0.25) is 0 Å². The average Bonchev–Trinajstić information content (AvgIpc) is 2.89. The smallest absolute Gasteiger partial charge is 0.0237 e. The van der Waals surface area contributed by atoms with Crippen LogP contribution < -0.4 is 5.32 Å². The van der Waals surface area contributed by atoms with Crippen molar-refractivity contribution in [2.75, 3.05) is 13.1 Å². The zero-order valence-electron chi connectivity index (χ0n) is 13.4. The molecule has 0 radical (unpaired) electrons. The molecule has 0 bridgehead atoms. The molecule has 1 saturated heterocycles. The van der Waals surface area contributed by atoms with Crippen LogP contribution in [0.2, 0.25) is 0 Å². The van der Waals surface area contributed by atoms with E-state index >= 15 is 0 Å². The first-order chi connectivity index (χ1) is 10.8. The summed E-state index contributed by atoms with van der Waals surface area (Å²) in [6.07, 6.45) is 2.37. The van der Waals surface area contributed by atoms with Gasteiger partial charge in [0.1, 0.15) is 0 Å². The van der Waals surface area contributed by atoms with Crippen molar-refractivity contribution in [2.24, 2.45) is 0 Å². The number of hydrogen-bond donors (Lipinski definition) is 1. The number of nitrogens with zero attached hydrogens (tertiary/aromatic N) is 1. The molecule has 2 nitrogen and oxygen atoms in total. The molecule has 116 valence electrons. The van der Waals surface area contributed by atoms with E-state index in [-0.39, 0.29) is 0 Å². The number of rotatable bonds is 6. The van der Waals surface area contributed by atoms with Crippen LogP contribution in [0.4, 0.5) is 0 Å². The lowest BCUT2D eigenvalue weighted by Gasteiger charge is -2.21. The number of hydrogen-bond acceptors (Lipinski definition) is 2. The van der Waals surface area contributed by atoms with Crippen molar-refractivity contribution in [3.63, 3.8) is 0 Å². The summed E-state index contributed by atoms with van der Waals surface area (Å²) in [5, 5.41) is 3.73. The predicted molar refractivity (Wildman–Crippen MR) is 92.9 cm³/mol. The highest BCUT2D eigenvalue weighted by Gasteiger charge is 2.28. The Bertz CT molecular complexity index is 552. The second-order valence-corrected chi connectivity index (χ2v) is 6.39. The van der Waals surface area contributed by atoms with Crippen molar-refractivity contribution < 1.29 is 0 Å². The molecule has 0 aromatic heterocycles. The minimum absolute atomic E-state index is 0.627. The van der Waals surface area contributed by atoms with Crippen molar-refractivity contribution in [1.29, 1.82) is 0 Å². The van der Waals surface area contributed by atoms with Gasteiger partial charge in [0.15, 0.2) is 0 Å². The fraction of sp³-hybridized carbons (Fsp3) is 0.400. The first-order valence-corrected chi connectivity index (χ1v) is 8.36. The second kappa shape index (κ2) is 7.57. The van der Waals surface area contributed by atoms with Gasteiger partial charge in [-0.3, -0.25) is 4.90 Å². The van der Waals surface area contributed by atoms with Gasteiger partial charge < -0.3 is 5.32 Å². The lowest BCUT2D eigenvalue weighted by atomic mass is 10.1. The molecule has 1 heterocycles. The molecule has 0 aliphatic carbocycles. The summed E-state index contributed by atoms with van der Waals surface area (Å²) >= 11 is 0. The van der Waals surface area contributed by atoms with E-state index in [1.54, 1.807) is 0 Å². The molecule has 1 aliphatic heterocycles. The molecule has 2 aromatic carbocycles. The van der Waals surface area contributed by atoms with Gasteiger partial charge in [-0.15, -0.1) is 0 Å². The molecular formula is C20H26N2. The Kier molecular flexibility index (Phi) is 5.25. The molecule has 2 unspecified atom stereocenters. The van der Waals surface area contributed by atoms with Crippen molar-refractivity contribution in [3.05, 3.63) is 71.8 Å². The van der Waals surface area contributed by atoms with Crippen molar-refractivity contribution in [3.8, 4) is 0 Å². The van der Waals surface area contributed by atoms with Gasteiger partial charge in [-0.1, -0.05) is 60.7 Å². The number of benzene rings is 2. The Hall–Kier alpha value is -1.64. The molecule has 3 rings (SSSR count). The van der Waals surface area contributed by atoms with Crippen LogP contribution in [0, 0.1) is 0 Å². The Morgan fingerprint density at radius 3 is 2.27 bits per heavy atom. The molecule has 1 aliphatic rings. The maximum atomic E-state index is 3.73. The van der Waals surface area contributed by atoms with Crippen LogP contribution in [0.1, 0.15) is 24.5 Å². The first-order valence-electron chi connectivity index (χ1n) is 8.36. The minimum atomic E-state index is 0.627. The Labute approximate surface area is 134 Å². The lowest BCUT2D eigenvalue weighted by molar-refractivity contribution is 0.257. The van der Waals surface area contributed by atoms with Crippen molar-refractivity contribution >= 4 is 0 Å². The summed E-state index contributed by atoms with van der Waals surface area (Å²) in [6.45, 7) is 5.64. The quantitative estimate of drug-likeness (QED) is 0.877. The molecule has 2 heteroatoms. The highest BCUT2D eigenvalue weighted by molar-refractivity contribution is 5.16. The van der Waals surface area contributed by atoms with Crippen LogP contribution in [-0.2, 0) is 13.0 Å². The molecule has 0 saturated carbocycles.